The SMILES string of the molecule is Cc1ccc(C2=NC3=NC(c4ccc(C)cc4C)=NC4=NC(N(c5ccccc5)c5ccccc5)=NC(=N2)N34)c(C)c1. The zero-order valence-corrected chi connectivity index (χ0v) is 23.8. The van der Waals surface area contributed by atoms with E-state index in [0.29, 0.717) is 35.5 Å². The van der Waals surface area contributed by atoms with Gasteiger partial charge in [-0.1, -0.05) is 83.9 Å². The lowest BCUT2D eigenvalue weighted by Gasteiger charge is -2.33. The second kappa shape index (κ2) is 10.2. The Morgan fingerprint density at radius 2 is 0.929 bits per heavy atom. The molecule has 0 aromatic heterocycles. The fraction of sp³-hybridized carbons (Fsp3) is 0.118. The van der Waals surface area contributed by atoms with E-state index < -0.39 is 0 Å². The van der Waals surface area contributed by atoms with Crippen molar-refractivity contribution in [2.45, 2.75) is 27.7 Å². The quantitative estimate of drug-likeness (QED) is 0.284. The molecule has 7 rings (SSSR count). The molecule has 0 saturated carbocycles. The Bertz CT molecular complexity index is 1820. The molecule has 8 nitrogen and oxygen atoms in total. The largest absolute Gasteiger partial charge is 0.279 e. The Morgan fingerprint density at radius 1 is 0.476 bits per heavy atom. The van der Waals surface area contributed by atoms with Gasteiger partial charge in [0.25, 0.3) is 0 Å². The highest BCUT2D eigenvalue weighted by Crippen LogP contribution is 2.30. The first-order valence-corrected chi connectivity index (χ1v) is 13.8. The Hall–Kier alpha value is -5.50. The zero-order chi connectivity index (χ0) is 28.8. The molecule has 4 aromatic rings. The van der Waals surface area contributed by atoms with Gasteiger partial charge in [0.1, 0.15) is 0 Å². The number of aryl methyl sites for hydroxylation is 4. The van der Waals surface area contributed by atoms with Gasteiger partial charge in [0, 0.05) is 22.5 Å². The number of nitrogens with zero attached hydrogens (tertiary/aromatic N) is 8. The van der Waals surface area contributed by atoms with Crippen molar-refractivity contribution in [2.24, 2.45) is 30.0 Å². The number of amidine groups is 2. The number of para-hydroxylation sites is 2. The van der Waals surface area contributed by atoms with E-state index >= 15 is 0 Å². The van der Waals surface area contributed by atoms with Crippen molar-refractivity contribution in [1.82, 2.24) is 4.90 Å². The molecule has 42 heavy (non-hydrogen) atoms. The monoisotopic (exact) mass is 548 g/mol. The molecular formula is C34H28N8. The van der Waals surface area contributed by atoms with Crippen LogP contribution in [-0.2, 0) is 0 Å². The number of hydrogen-bond acceptors (Lipinski definition) is 8. The van der Waals surface area contributed by atoms with Crippen molar-refractivity contribution in [1.29, 1.82) is 0 Å². The number of benzene rings is 4. The topological polar surface area (TPSA) is 80.6 Å². The van der Waals surface area contributed by atoms with Gasteiger partial charge in [-0.05, 0) is 63.1 Å². The number of guanidine groups is 4. The van der Waals surface area contributed by atoms with Crippen molar-refractivity contribution in [3.05, 3.63) is 130 Å². The second-order valence-electron chi connectivity index (χ2n) is 10.5. The third kappa shape index (κ3) is 4.53. The highest BCUT2D eigenvalue weighted by atomic mass is 15.5. The second-order valence-corrected chi connectivity index (χ2v) is 10.5. The molecular weight excluding hydrogens is 520 g/mol. The van der Waals surface area contributed by atoms with Crippen LogP contribution in [0.2, 0.25) is 0 Å². The predicted molar refractivity (Wildman–Crippen MR) is 172 cm³/mol. The zero-order valence-electron chi connectivity index (χ0n) is 23.8. The third-order valence-electron chi connectivity index (χ3n) is 7.30. The van der Waals surface area contributed by atoms with Crippen molar-refractivity contribution in [3.8, 4) is 0 Å². The first-order valence-electron chi connectivity index (χ1n) is 13.8. The van der Waals surface area contributed by atoms with Gasteiger partial charge in [-0.25, -0.2) is 4.90 Å². The molecule has 0 amide bonds. The Balaban J connectivity index is 1.45. The van der Waals surface area contributed by atoms with E-state index in [-0.39, 0.29) is 0 Å². The van der Waals surface area contributed by atoms with Crippen LogP contribution in [0.3, 0.4) is 0 Å². The third-order valence-corrected chi connectivity index (χ3v) is 7.30. The highest BCUT2D eigenvalue weighted by Gasteiger charge is 2.37. The van der Waals surface area contributed by atoms with Crippen LogP contribution in [0.5, 0.6) is 0 Å². The average molecular weight is 549 g/mol. The number of anilines is 2. The van der Waals surface area contributed by atoms with E-state index in [9.17, 15) is 0 Å². The lowest BCUT2D eigenvalue weighted by molar-refractivity contribution is 0.825. The van der Waals surface area contributed by atoms with Gasteiger partial charge in [0.05, 0.1) is 0 Å². The normalized spacial score (nSPS) is 15.5. The highest BCUT2D eigenvalue weighted by molar-refractivity contribution is 6.34. The summed E-state index contributed by atoms with van der Waals surface area (Å²) < 4.78 is 0. The van der Waals surface area contributed by atoms with Crippen LogP contribution in [0.25, 0.3) is 0 Å². The van der Waals surface area contributed by atoms with Gasteiger partial charge >= 0.3 is 0 Å². The van der Waals surface area contributed by atoms with Gasteiger partial charge in [0.15, 0.2) is 11.7 Å². The summed E-state index contributed by atoms with van der Waals surface area (Å²) in [5, 5.41) is 0. The standard InChI is InChI=1S/C34H28N8/c1-21-15-17-27(23(3)19-21)29-35-31-36-30(28-18-16-22(2)20-24(28)4)38-33-40-34(39-32(37-29)42(31)33)41(25-11-7-5-8-12-25)26-13-9-6-10-14-26/h5-20H,1-4H3. The predicted octanol–water partition coefficient (Wildman–Crippen LogP) is 6.72. The van der Waals surface area contributed by atoms with E-state index in [1.54, 1.807) is 4.90 Å². The molecule has 0 fully saturated rings. The van der Waals surface area contributed by atoms with Crippen LogP contribution >= 0.6 is 0 Å². The smallest absolute Gasteiger partial charge is 0.244 e. The van der Waals surface area contributed by atoms with E-state index in [1.165, 1.54) is 11.1 Å². The summed E-state index contributed by atoms with van der Waals surface area (Å²) in [7, 11) is 0. The van der Waals surface area contributed by atoms with E-state index in [1.807, 2.05) is 65.6 Å². The van der Waals surface area contributed by atoms with Crippen molar-refractivity contribution < 1.29 is 0 Å². The summed E-state index contributed by atoms with van der Waals surface area (Å²) in [6.45, 7) is 8.29. The molecule has 0 spiro atoms. The van der Waals surface area contributed by atoms with E-state index in [4.69, 9.17) is 30.0 Å². The summed E-state index contributed by atoms with van der Waals surface area (Å²) in [4.78, 5) is 33.4. The summed E-state index contributed by atoms with van der Waals surface area (Å²) in [6.07, 6.45) is 0. The average Bonchev–Trinajstić information content (AvgIpc) is 2.98. The van der Waals surface area contributed by atoms with Crippen LogP contribution in [0.15, 0.2) is 127 Å². The summed E-state index contributed by atoms with van der Waals surface area (Å²) >= 11 is 0. The molecule has 0 bridgehead atoms. The first kappa shape index (κ1) is 25.5. The molecule has 4 aromatic carbocycles. The Morgan fingerprint density at radius 3 is 1.40 bits per heavy atom. The minimum Gasteiger partial charge on any atom is -0.279 e. The summed E-state index contributed by atoms with van der Waals surface area (Å²) in [5.41, 5.74) is 8.20. The number of rotatable bonds is 4. The molecule has 0 aliphatic carbocycles. The fourth-order valence-corrected chi connectivity index (χ4v) is 5.28. The maximum atomic E-state index is 4.99. The van der Waals surface area contributed by atoms with Gasteiger partial charge in [0.2, 0.25) is 23.8 Å². The molecule has 8 heteroatoms. The summed E-state index contributed by atoms with van der Waals surface area (Å²) in [6, 6.07) is 32.6. The minimum absolute atomic E-state index is 0.416. The lowest BCUT2D eigenvalue weighted by atomic mass is 10.0. The molecule has 0 atom stereocenters. The molecule has 3 aliphatic rings. The van der Waals surface area contributed by atoms with E-state index in [2.05, 4.69) is 64.1 Å². The van der Waals surface area contributed by atoms with Gasteiger partial charge < -0.3 is 0 Å². The van der Waals surface area contributed by atoms with Gasteiger partial charge in [-0.3, -0.25) is 4.90 Å². The maximum absolute atomic E-state index is 4.99. The van der Waals surface area contributed by atoms with Crippen LogP contribution in [-0.4, -0.2) is 40.4 Å². The van der Waals surface area contributed by atoms with Crippen LogP contribution in [0.4, 0.5) is 11.4 Å². The van der Waals surface area contributed by atoms with E-state index in [0.717, 1.165) is 33.6 Å². The summed E-state index contributed by atoms with van der Waals surface area (Å²) in [5.74, 6) is 2.82. The van der Waals surface area contributed by atoms with Crippen LogP contribution < -0.4 is 4.90 Å². The fourth-order valence-electron chi connectivity index (χ4n) is 5.28. The molecule has 0 N–H and O–H groups in total. The van der Waals surface area contributed by atoms with Crippen LogP contribution in [0.1, 0.15) is 33.4 Å². The lowest BCUT2D eigenvalue weighted by Crippen LogP contribution is -2.49. The van der Waals surface area contributed by atoms with Gasteiger partial charge in [-0.2, -0.15) is 30.0 Å². The van der Waals surface area contributed by atoms with Crippen molar-refractivity contribution in [3.63, 3.8) is 0 Å². The maximum Gasteiger partial charge on any atom is 0.244 e. The minimum atomic E-state index is 0.416. The molecule has 0 radical (unpaired) electrons. The van der Waals surface area contributed by atoms with Crippen molar-refractivity contribution in [2.75, 3.05) is 4.90 Å². The van der Waals surface area contributed by atoms with Crippen molar-refractivity contribution >= 4 is 46.9 Å². The molecule has 0 unspecified atom stereocenters. The Labute approximate surface area is 244 Å². The molecule has 204 valence electrons. The number of hydrogen-bond donors (Lipinski definition) is 0. The Kier molecular flexibility index (Phi) is 6.16. The first-order chi connectivity index (χ1) is 20.4. The van der Waals surface area contributed by atoms with Gasteiger partial charge in [-0.15, -0.1) is 0 Å². The molecule has 3 aliphatic heterocycles. The number of aliphatic imine (C=N–C) groups is 6. The molecule has 0 saturated heterocycles. The van der Waals surface area contributed by atoms with Crippen LogP contribution in [0, 0.1) is 27.7 Å². The molecule has 3 heterocycles.